The number of alkyl halides is 1. The highest BCUT2D eigenvalue weighted by Gasteiger charge is 2.40. The second-order valence-corrected chi connectivity index (χ2v) is 5.72. The molecule has 0 radical (unpaired) electrons. The van der Waals surface area contributed by atoms with Crippen LogP contribution in [-0.4, -0.2) is 32.4 Å². The van der Waals surface area contributed by atoms with Crippen molar-refractivity contribution in [2.45, 2.75) is 30.8 Å². The third-order valence-electron chi connectivity index (χ3n) is 3.99. The van der Waals surface area contributed by atoms with Gasteiger partial charge in [-0.25, -0.2) is 4.39 Å². The van der Waals surface area contributed by atoms with Crippen molar-refractivity contribution in [3.8, 4) is 0 Å². The number of hydrogen-bond donors (Lipinski definition) is 2. The van der Waals surface area contributed by atoms with Gasteiger partial charge >= 0.3 is 0 Å². The molecule has 2 N–H and O–H groups in total. The Kier molecular flexibility index (Phi) is 5.20. The molecule has 19 heavy (non-hydrogen) atoms. The van der Waals surface area contributed by atoms with Gasteiger partial charge in [0.2, 0.25) is 0 Å². The minimum atomic E-state index is -1.12. The average molecular weight is 285 g/mol. The fourth-order valence-electron chi connectivity index (χ4n) is 2.93. The van der Waals surface area contributed by atoms with Gasteiger partial charge in [-0.3, -0.25) is 0 Å². The molecule has 1 heterocycles. The molecular weight excluding hydrogens is 263 g/mol. The number of halogens is 2. The minimum absolute atomic E-state index is 0.0826. The van der Waals surface area contributed by atoms with E-state index in [0.29, 0.717) is 17.9 Å². The number of rotatable bonds is 5. The quantitative estimate of drug-likeness (QED) is 0.868. The SMILES string of the molecule is CNCCC(c1cccc(Cl)c1)C1(F)CCNCC1. The molecule has 106 valence electrons. The molecular formula is C15H22ClFN2. The van der Waals surface area contributed by atoms with E-state index in [1.807, 2.05) is 31.3 Å². The number of hydrogen-bond acceptors (Lipinski definition) is 2. The molecule has 1 aromatic carbocycles. The van der Waals surface area contributed by atoms with E-state index in [-0.39, 0.29) is 5.92 Å². The maximum absolute atomic E-state index is 15.3. The standard InChI is InChI=1S/C15H22ClFN2/c1-18-8-5-14(12-3-2-4-13(16)11-12)15(17)6-9-19-10-7-15/h2-4,11,14,18-19H,5-10H2,1H3. The van der Waals surface area contributed by atoms with Crippen molar-refractivity contribution >= 4 is 11.6 Å². The summed E-state index contributed by atoms with van der Waals surface area (Å²) in [5, 5.41) is 7.04. The minimum Gasteiger partial charge on any atom is -0.320 e. The molecule has 4 heteroatoms. The summed E-state index contributed by atoms with van der Waals surface area (Å²) in [6.07, 6.45) is 1.95. The molecule has 0 saturated carbocycles. The van der Waals surface area contributed by atoms with E-state index in [2.05, 4.69) is 10.6 Å². The van der Waals surface area contributed by atoms with Crippen LogP contribution in [0.25, 0.3) is 0 Å². The smallest absolute Gasteiger partial charge is 0.120 e. The molecule has 1 aliphatic heterocycles. The summed E-state index contributed by atoms with van der Waals surface area (Å²) in [6, 6.07) is 7.66. The van der Waals surface area contributed by atoms with Crippen molar-refractivity contribution in [1.29, 1.82) is 0 Å². The van der Waals surface area contributed by atoms with Crippen LogP contribution in [0.15, 0.2) is 24.3 Å². The molecule has 2 rings (SSSR count). The lowest BCUT2D eigenvalue weighted by atomic mass is 9.76. The number of nitrogens with one attached hydrogen (secondary N) is 2. The lowest BCUT2D eigenvalue weighted by Crippen LogP contribution is -2.43. The van der Waals surface area contributed by atoms with Crippen molar-refractivity contribution in [3.63, 3.8) is 0 Å². The van der Waals surface area contributed by atoms with E-state index >= 15 is 4.39 Å². The van der Waals surface area contributed by atoms with E-state index in [0.717, 1.165) is 31.6 Å². The van der Waals surface area contributed by atoms with Crippen LogP contribution in [0.2, 0.25) is 5.02 Å². The molecule has 1 fully saturated rings. The van der Waals surface area contributed by atoms with Gasteiger partial charge in [-0.1, -0.05) is 23.7 Å². The Balaban J connectivity index is 2.24. The van der Waals surface area contributed by atoms with Gasteiger partial charge in [-0.15, -0.1) is 0 Å². The van der Waals surface area contributed by atoms with Gasteiger partial charge in [0.25, 0.3) is 0 Å². The Hall–Kier alpha value is -0.640. The van der Waals surface area contributed by atoms with Gasteiger partial charge in [-0.2, -0.15) is 0 Å². The van der Waals surface area contributed by atoms with Crippen LogP contribution >= 0.6 is 11.6 Å². The molecule has 1 atom stereocenters. The Bertz CT molecular complexity index is 405. The van der Waals surface area contributed by atoms with Crippen LogP contribution in [0, 0.1) is 0 Å². The summed E-state index contributed by atoms with van der Waals surface area (Å²) < 4.78 is 15.3. The van der Waals surface area contributed by atoms with Crippen molar-refractivity contribution in [1.82, 2.24) is 10.6 Å². The molecule has 1 aromatic rings. The van der Waals surface area contributed by atoms with Crippen LogP contribution in [-0.2, 0) is 0 Å². The monoisotopic (exact) mass is 284 g/mol. The summed E-state index contributed by atoms with van der Waals surface area (Å²) in [6.45, 7) is 2.33. The van der Waals surface area contributed by atoms with Crippen LogP contribution in [0.5, 0.6) is 0 Å². The first-order chi connectivity index (χ1) is 9.15. The second kappa shape index (κ2) is 6.69. The third-order valence-corrected chi connectivity index (χ3v) is 4.23. The highest BCUT2D eigenvalue weighted by atomic mass is 35.5. The summed E-state index contributed by atoms with van der Waals surface area (Å²) in [5.74, 6) is -0.0826. The summed E-state index contributed by atoms with van der Waals surface area (Å²) in [7, 11) is 1.91. The third kappa shape index (κ3) is 3.68. The molecule has 1 aliphatic rings. The molecule has 0 aromatic heterocycles. The predicted octanol–water partition coefficient (Wildman–Crippen LogP) is 3.12. The first kappa shape index (κ1) is 14.8. The molecule has 0 bridgehead atoms. The van der Waals surface area contributed by atoms with Crippen molar-refractivity contribution < 1.29 is 4.39 Å². The molecule has 2 nitrogen and oxygen atoms in total. The molecule has 0 aliphatic carbocycles. The molecule has 1 unspecified atom stereocenters. The van der Waals surface area contributed by atoms with Gasteiger partial charge in [0.05, 0.1) is 0 Å². The summed E-state index contributed by atoms with van der Waals surface area (Å²) >= 11 is 6.06. The fourth-order valence-corrected chi connectivity index (χ4v) is 3.13. The van der Waals surface area contributed by atoms with Gasteiger partial charge in [0.15, 0.2) is 0 Å². The Morgan fingerprint density at radius 2 is 2.16 bits per heavy atom. The highest BCUT2D eigenvalue weighted by molar-refractivity contribution is 6.30. The zero-order valence-electron chi connectivity index (χ0n) is 11.4. The Morgan fingerprint density at radius 1 is 1.42 bits per heavy atom. The Labute approximate surface area is 119 Å². The van der Waals surface area contributed by atoms with Gasteiger partial charge in [0.1, 0.15) is 5.67 Å². The predicted molar refractivity (Wildman–Crippen MR) is 78.7 cm³/mol. The van der Waals surface area contributed by atoms with Crippen molar-refractivity contribution in [2.75, 3.05) is 26.7 Å². The maximum atomic E-state index is 15.3. The van der Waals surface area contributed by atoms with Gasteiger partial charge in [0, 0.05) is 10.9 Å². The van der Waals surface area contributed by atoms with E-state index < -0.39 is 5.67 Å². The van der Waals surface area contributed by atoms with Crippen LogP contribution < -0.4 is 10.6 Å². The van der Waals surface area contributed by atoms with Crippen molar-refractivity contribution in [2.24, 2.45) is 0 Å². The largest absolute Gasteiger partial charge is 0.320 e. The molecule has 1 saturated heterocycles. The summed E-state index contributed by atoms with van der Waals surface area (Å²) in [5.41, 5.74) is -0.0978. The molecule has 0 amide bonds. The second-order valence-electron chi connectivity index (χ2n) is 5.28. The van der Waals surface area contributed by atoms with Crippen LogP contribution in [0.1, 0.15) is 30.7 Å². The maximum Gasteiger partial charge on any atom is 0.120 e. The topological polar surface area (TPSA) is 24.1 Å². The van der Waals surface area contributed by atoms with Gasteiger partial charge < -0.3 is 10.6 Å². The summed E-state index contributed by atoms with van der Waals surface area (Å²) in [4.78, 5) is 0. The van der Waals surface area contributed by atoms with E-state index in [1.165, 1.54) is 0 Å². The molecule has 0 spiro atoms. The lowest BCUT2D eigenvalue weighted by molar-refractivity contribution is 0.0775. The van der Waals surface area contributed by atoms with E-state index in [4.69, 9.17) is 11.6 Å². The fraction of sp³-hybridized carbons (Fsp3) is 0.600. The first-order valence-electron chi connectivity index (χ1n) is 6.95. The zero-order valence-corrected chi connectivity index (χ0v) is 12.1. The zero-order chi connectivity index (χ0) is 13.7. The number of piperidine rings is 1. The Morgan fingerprint density at radius 3 is 2.79 bits per heavy atom. The van der Waals surface area contributed by atoms with E-state index in [1.54, 1.807) is 0 Å². The number of benzene rings is 1. The first-order valence-corrected chi connectivity index (χ1v) is 7.33. The van der Waals surface area contributed by atoms with Crippen LogP contribution in [0.3, 0.4) is 0 Å². The lowest BCUT2D eigenvalue weighted by Gasteiger charge is -2.37. The van der Waals surface area contributed by atoms with Crippen molar-refractivity contribution in [3.05, 3.63) is 34.9 Å². The van der Waals surface area contributed by atoms with Gasteiger partial charge in [-0.05, 0) is 63.6 Å². The highest BCUT2D eigenvalue weighted by Crippen LogP contribution is 2.41. The van der Waals surface area contributed by atoms with E-state index in [9.17, 15) is 0 Å². The average Bonchev–Trinajstić information content (AvgIpc) is 2.40. The normalized spacial score (nSPS) is 20.2. The van der Waals surface area contributed by atoms with Crippen LogP contribution in [0.4, 0.5) is 4.39 Å².